The molecule has 1 heterocycles. The third-order valence-electron chi connectivity index (χ3n) is 1.57. The summed E-state index contributed by atoms with van der Waals surface area (Å²) in [7, 11) is 0. The van der Waals surface area contributed by atoms with Gasteiger partial charge in [0.1, 0.15) is 0 Å². The molecule has 4 nitrogen and oxygen atoms in total. The highest BCUT2D eigenvalue weighted by Gasteiger charge is 1.98. The summed E-state index contributed by atoms with van der Waals surface area (Å²) in [5.74, 6) is 0.419. The van der Waals surface area contributed by atoms with E-state index in [9.17, 15) is 0 Å². The Hall–Kier alpha value is -1.36. The Labute approximate surface area is 83.5 Å². The summed E-state index contributed by atoms with van der Waals surface area (Å²) < 4.78 is 1.02. The molecule has 13 heavy (non-hydrogen) atoms. The number of anilines is 1. The maximum absolute atomic E-state index is 5.44. The average Bonchev–Trinajstić information content (AvgIpc) is 2.53. The van der Waals surface area contributed by atoms with Gasteiger partial charge in [0.2, 0.25) is 0 Å². The van der Waals surface area contributed by atoms with Crippen LogP contribution >= 0.6 is 15.9 Å². The van der Waals surface area contributed by atoms with E-state index in [-0.39, 0.29) is 0 Å². The van der Waals surface area contributed by atoms with Crippen LogP contribution in [0.4, 0.5) is 5.82 Å². The quantitative estimate of drug-likeness (QED) is 0.822. The number of rotatable bonds is 1. The maximum Gasteiger partial charge on any atom is 0.166 e. The van der Waals surface area contributed by atoms with Gasteiger partial charge in [-0.1, -0.05) is 15.9 Å². The van der Waals surface area contributed by atoms with Crippen LogP contribution in [0, 0.1) is 0 Å². The Bertz CT molecular complexity index is 406. The molecular weight excluding hydrogens is 232 g/mol. The molecule has 0 atom stereocenters. The van der Waals surface area contributed by atoms with Crippen LogP contribution < -0.4 is 5.73 Å². The van der Waals surface area contributed by atoms with Gasteiger partial charge in [-0.3, -0.25) is 0 Å². The summed E-state index contributed by atoms with van der Waals surface area (Å²) in [6, 6.07) is 7.66. The molecule has 0 aliphatic rings. The van der Waals surface area contributed by atoms with Gasteiger partial charge in [0.25, 0.3) is 0 Å². The minimum Gasteiger partial charge on any atom is -0.381 e. The van der Waals surface area contributed by atoms with Crippen molar-refractivity contribution in [1.29, 1.82) is 0 Å². The van der Waals surface area contributed by atoms with E-state index in [1.807, 2.05) is 24.3 Å². The van der Waals surface area contributed by atoms with E-state index in [2.05, 4.69) is 26.1 Å². The van der Waals surface area contributed by atoms with E-state index < -0.39 is 0 Å². The molecule has 2 rings (SSSR count). The van der Waals surface area contributed by atoms with Gasteiger partial charge in [-0.25, -0.2) is 0 Å². The van der Waals surface area contributed by atoms with Gasteiger partial charge in [-0.05, 0) is 24.3 Å². The van der Waals surface area contributed by atoms with Crippen molar-refractivity contribution in [2.45, 2.75) is 0 Å². The van der Waals surface area contributed by atoms with E-state index in [0.717, 1.165) is 10.2 Å². The van der Waals surface area contributed by atoms with Crippen LogP contribution in [0.25, 0.3) is 5.69 Å². The van der Waals surface area contributed by atoms with Crippen LogP contribution in [0.15, 0.2) is 34.9 Å². The van der Waals surface area contributed by atoms with Crippen LogP contribution in [0.5, 0.6) is 0 Å². The summed E-state index contributed by atoms with van der Waals surface area (Å²) in [6.07, 6.45) is 1.52. The number of benzene rings is 1. The smallest absolute Gasteiger partial charge is 0.166 e. The fourth-order valence-electron chi connectivity index (χ4n) is 0.974. The molecule has 0 amide bonds. The van der Waals surface area contributed by atoms with Crippen molar-refractivity contribution in [2.75, 3.05) is 5.73 Å². The predicted molar refractivity (Wildman–Crippen MR) is 53.5 cm³/mol. The summed E-state index contributed by atoms with van der Waals surface area (Å²) >= 11 is 3.35. The highest BCUT2D eigenvalue weighted by Crippen LogP contribution is 2.12. The van der Waals surface area contributed by atoms with Gasteiger partial charge in [-0.15, -0.1) is 9.90 Å². The van der Waals surface area contributed by atoms with Crippen molar-refractivity contribution in [1.82, 2.24) is 15.0 Å². The average molecular weight is 239 g/mol. The van der Waals surface area contributed by atoms with E-state index in [4.69, 9.17) is 5.73 Å². The Morgan fingerprint density at radius 3 is 2.46 bits per heavy atom. The van der Waals surface area contributed by atoms with E-state index in [1.165, 1.54) is 11.0 Å². The lowest BCUT2D eigenvalue weighted by Gasteiger charge is -1.97. The zero-order chi connectivity index (χ0) is 9.26. The lowest BCUT2D eigenvalue weighted by Crippen LogP contribution is -1.98. The summed E-state index contributed by atoms with van der Waals surface area (Å²) in [4.78, 5) is 1.49. The predicted octanol–water partition coefficient (Wildman–Crippen LogP) is 1.61. The molecule has 5 heteroatoms. The molecular formula is C8H7BrN4. The molecule has 0 bridgehead atoms. The zero-order valence-corrected chi connectivity index (χ0v) is 8.27. The number of nitrogen functional groups attached to an aromatic ring is 1. The second-order valence-electron chi connectivity index (χ2n) is 2.54. The van der Waals surface area contributed by atoms with Crippen LogP contribution in [0.2, 0.25) is 0 Å². The first-order valence-corrected chi connectivity index (χ1v) is 4.49. The molecule has 1 aromatic carbocycles. The van der Waals surface area contributed by atoms with Gasteiger partial charge in [-0.2, -0.15) is 5.10 Å². The number of halogens is 1. The standard InChI is InChI=1S/C8H7BrN4/c9-6-1-3-7(4-2-6)13-11-5-8(10)12-13/h1-5H,(H2,10,12). The highest BCUT2D eigenvalue weighted by atomic mass is 79.9. The molecule has 2 aromatic rings. The molecule has 0 spiro atoms. The normalized spacial score (nSPS) is 10.2. The lowest BCUT2D eigenvalue weighted by atomic mass is 10.3. The van der Waals surface area contributed by atoms with Gasteiger partial charge in [0.15, 0.2) is 5.82 Å². The fourth-order valence-corrected chi connectivity index (χ4v) is 1.24. The third kappa shape index (κ3) is 1.70. The first kappa shape index (κ1) is 8.25. The topological polar surface area (TPSA) is 56.7 Å². The Morgan fingerprint density at radius 2 is 1.92 bits per heavy atom. The van der Waals surface area contributed by atoms with Crippen LogP contribution in [0.3, 0.4) is 0 Å². The third-order valence-corrected chi connectivity index (χ3v) is 2.10. The SMILES string of the molecule is Nc1cnn(-c2ccc(Br)cc2)n1. The van der Waals surface area contributed by atoms with E-state index >= 15 is 0 Å². The van der Waals surface area contributed by atoms with Crippen molar-refractivity contribution < 1.29 is 0 Å². The van der Waals surface area contributed by atoms with Gasteiger partial charge in [0.05, 0.1) is 11.9 Å². The summed E-state index contributed by atoms with van der Waals surface area (Å²) in [5.41, 5.74) is 6.33. The molecule has 2 N–H and O–H groups in total. The molecule has 1 aromatic heterocycles. The van der Waals surface area contributed by atoms with Crippen molar-refractivity contribution in [3.05, 3.63) is 34.9 Å². The first-order chi connectivity index (χ1) is 6.25. The number of nitrogens with zero attached hydrogens (tertiary/aromatic N) is 3. The molecule has 0 radical (unpaired) electrons. The Balaban J connectivity index is 2.41. The maximum atomic E-state index is 5.44. The molecule has 0 saturated heterocycles. The number of nitrogens with two attached hydrogens (primary N) is 1. The van der Waals surface area contributed by atoms with Crippen molar-refractivity contribution in [2.24, 2.45) is 0 Å². The van der Waals surface area contributed by atoms with Gasteiger partial charge < -0.3 is 5.73 Å². The molecule has 0 aliphatic heterocycles. The van der Waals surface area contributed by atoms with Crippen molar-refractivity contribution >= 4 is 21.7 Å². The molecule has 0 aliphatic carbocycles. The largest absolute Gasteiger partial charge is 0.381 e. The van der Waals surface area contributed by atoms with Crippen molar-refractivity contribution in [3.8, 4) is 5.69 Å². The zero-order valence-electron chi connectivity index (χ0n) is 6.68. The lowest BCUT2D eigenvalue weighted by molar-refractivity contribution is 0.754. The monoisotopic (exact) mass is 238 g/mol. The number of aromatic nitrogens is 3. The van der Waals surface area contributed by atoms with Crippen LogP contribution in [-0.4, -0.2) is 15.0 Å². The number of hydrogen-bond donors (Lipinski definition) is 1. The minimum atomic E-state index is 0.419. The first-order valence-electron chi connectivity index (χ1n) is 3.69. The highest BCUT2D eigenvalue weighted by molar-refractivity contribution is 9.10. The van der Waals surface area contributed by atoms with Gasteiger partial charge in [0, 0.05) is 4.47 Å². The minimum absolute atomic E-state index is 0.419. The second-order valence-corrected chi connectivity index (χ2v) is 3.45. The van der Waals surface area contributed by atoms with E-state index in [0.29, 0.717) is 5.82 Å². The van der Waals surface area contributed by atoms with Gasteiger partial charge >= 0.3 is 0 Å². The van der Waals surface area contributed by atoms with Crippen LogP contribution in [-0.2, 0) is 0 Å². The fraction of sp³-hybridized carbons (Fsp3) is 0. The van der Waals surface area contributed by atoms with Crippen LogP contribution in [0.1, 0.15) is 0 Å². The van der Waals surface area contributed by atoms with Crippen molar-refractivity contribution in [3.63, 3.8) is 0 Å². The molecule has 0 fully saturated rings. The Kier molecular flexibility index (Phi) is 2.02. The second kappa shape index (κ2) is 3.18. The molecule has 0 unspecified atom stereocenters. The number of hydrogen-bond acceptors (Lipinski definition) is 3. The Morgan fingerprint density at radius 1 is 1.23 bits per heavy atom. The summed E-state index contributed by atoms with van der Waals surface area (Å²) in [5, 5.41) is 7.96. The molecule has 0 saturated carbocycles. The van der Waals surface area contributed by atoms with E-state index in [1.54, 1.807) is 0 Å². The summed E-state index contributed by atoms with van der Waals surface area (Å²) in [6.45, 7) is 0. The molecule has 66 valence electrons.